The Kier molecular flexibility index (Phi) is 4.22. The molecule has 3 heterocycles. The van der Waals surface area contributed by atoms with Crippen molar-refractivity contribution in [3.63, 3.8) is 0 Å². The Labute approximate surface area is 127 Å². The van der Waals surface area contributed by atoms with Crippen LogP contribution in [-0.4, -0.2) is 40.0 Å². The van der Waals surface area contributed by atoms with Gasteiger partial charge in [-0.15, -0.1) is 0 Å². The summed E-state index contributed by atoms with van der Waals surface area (Å²) < 4.78 is 13.8. The Bertz CT molecular complexity index is 651. The molecule has 2 aromatic rings. The van der Waals surface area contributed by atoms with Crippen LogP contribution in [0.5, 0.6) is 0 Å². The van der Waals surface area contributed by atoms with E-state index in [9.17, 15) is 9.18 Å². The SMILES string of the molecule is O=C(NC1CCCN(c2ncncc2F)C1)c1cccnc1. The van der Waals surface area contributed by atoms with Crippen molar-refractivity contribution in [1.29, 1.82) is 0 Å². The van der Waals surface area contributed by atoms with Gasteiger partial charge in [0, 0.05) is 31.5 Å². The number of rotatable bonds is 3. The summed E-state index contributed by atoms with van der Waals surface area (Å²) in [5.41, 5.74) is 0.521. The Morgan fingerprint density at radius 2 is 2.27 bits per heavy atom. The van der Waals surface area contributed by atoms with Crippen molar-refractivity contribution in [3.05, 3.63) is 48.4 Å². The summed E-state index contributed by atoms with van der Waals surface area (Å²) in [7, 11) is 0. The van der Waals surface area contributed by atoms with E-state index in [-0.39, 0.29) is 17.8 Å². The lowest BCUT2D eigenvalue weighted by molar-refractivity contribution is 0.0932. The molecular formula is C15H16FN5O. The van der Waals surface area contributed by atoms with Gasteiger partial charge in [0.25, 0.3) is 5.91 Å². The number of hydrogen-bond acceptors (Lipinski definition) is 5. The van der Waals surface area contributed by atoms with Crippen LogP contribution >= 0.6 is 0 Å². The van der Waals surface area contributed by atoms with E-state index in [0.717, 1.165) is 19.0 Å². The standard InChI is InChI=1S/C15H16FN5O/c16-13-8-18-10-19-14(13)21-6-2-4-12(9-21)20-15(22)11-3-1-5-17-7-11/h1,3,5,7-8,10,12H,2,4,6,9H2,(H,20,22). The lowest BCUT2D eigenvalue weighted by Crippen LogP contribution is -2.48. The number of carbonyl (C=O) groups excluding carboxylic acids is 1. The van der Waals surface area contributed by atoms with Crippen LogP contribution in [0.3, 0.4) is 0 Å². The summed E-state index contributed by atoms with van der Waals surface area (Å²) >= 11 is 0. The second-order valence-corrected chi connectivity index (χ2v) is 5.19. The molecule has 1 fully saturated rings. The molecule has 0 bridgehead atoms. The van der Waals surface area contributed by atoms with Crippen LogP contribution in [0.25, 0.3) is 0 Å². The number of anilines is 1. The molecule has 1 atom stereocenters. The van der Waals surface area contributed by atoms with E-state index in [1.807, 2.05) is 4.90 Å². The molecule has 0 aromatic carbocycles. The molecule has 1 aliphatic rings. The summed E-state index contributed by atoms with van der Waals surface area (Å²) in [5.74, 6) is -0.319. The van der Waals surface area contributed by atoms with Gasteiger partial charge in [-0.1, -0.05) is 0 Å². The number of amides is 1. The van der Waals surface area contributed by atoms with Crippen molar-refractivity contribution in [2.24, 2.45) is 0 Å². The molecular weight excluding hydrogens is 285 g/mol. The number of nitrogens with one attached hydrogen (secondary N) is 1. The minimum absolute atomic E-state index is 0.0455. The van der Waals surface area contributed by atoms with Gasteiger partial charge in [-0.3, -0.25) is 9.78 Å². The van der Waals surface area contributed by atoms with Gasteiger partial charge in [0.05, 0.1) is 11.8 Å². The van der Waals surface area contributed by atoms with Crippen LogP contribution in [0.1, 0.15) is 23.2 Å². The van der Waals surface area contributed by atoms with Crippen molar-refractivity contribution >= 4 is 11.7 Å². The van der Waals surface area contributed by atoms with E-state index >= 15 is 0 Å². The average Bonchev–Trinajstić information content (AvgIpc) is 2.56. The predicted octanol–water partition coefficient (Wildman–Crippen LogP) is 1.41. The quantitative estimate of drug-likeness (QED) is 0.928. The molecule has 1 aliphatic heterocycles. The summed E-state index contributed by atoms with van der Waals surface area (Å²) in [5, 5.41) is 2.97. The van der Waals surface area contributed by atoms with E-state index in [4.69, 9.17) is 0 Å². The average molecular weight is 301 g/mol. The summed E-state index contributed by atoms with van der Waals surface area (Å²) in [6.45, 7) is 1.24. The van der Waals surface area contributed by atoms with Gasteiger partial charge in [-0.05, 0) is 25.0 Å². The van der Waals surface area contributed by atoms with Crippen LogP contribution in [0.15, 0.2) is 37.1 Å². The van der Waals surface area contributed by atoms with Gasteiger partial charge < -0.3 is 10.2 Å². The first-order chi connectivity index (χ1) is 10.7. The number of carbonyl (C=O) groups is 1. The summed E-state index contributed by atoms with van der Waals surface area (Å²) in [6.07, 6.45) is 7.35. The fraction of sp³-hybridized carbons (Fsp3) is 0.333. The van der Waals surface area contributed by atoms with Crippen LogP contribution in [-0.2, 0) is 0 Å². The molecule has 0 spiro atoms. The molecule has 7 heteroatoms. The van der Waals surface area contributed by atoms with E-state index < -0.39 is 5.82 Å². The zero-order valence-electron chi connectivity index (χ0n) is 11.9. The zero-order chi connectivity index (χ0) is 15.4. The molecule has 0 aliphatic carbocycles. The summed E-state index contributed by atoms with van der Waals surface area (Å²) in [6, 6.07) is 3.39. The number of hydrogen-bond donors (Lipinski definition) is 1. The third-order valence-electron chi connectivity index (χ3n) is 3.63. The molecule has 2 aromatic heterocycles. The molecule has 22 heavy (non-hydrogen) atoms. The van der Waals surface area contributed by atoms with Gasteiger partial charge >= 0.3 is 0 Å². The minimum Gasteiger partial charge on any atom is -0.352 e. The number of aromatic nitrogens is 3. The zero-order valence-corrected chi connectivity index (χ0v) is 11.9. The maximum Gasteiger partial charge on any atom is 0.253 e. The smallest absolute Gasteiger partial charge is 0.253 e. The fourth-order valence-electron chi connectivity index (χ4n) is 2.59. The molecule has 0 radical (unpaired) electrons. The first-order valence-electron chi connectivity index (χ1n) is 7.15. The van der Waals surface area contributed by atoms with Crippen LogP contribution in [0, 0.1) is 5.82 Å². The molecule has 114 valence electrons. The van der Waals surface area contributed by atoms with Crippen molar-refractivity contribution < 1.29 is 9.18 Å². The number of nitrogens with zero attached hydrogens (tertiary/aromatic N) is 4. The molecule has 3 rings (SSSR count). The first-order valence-corrected chi connectivity index (χ1v) is 7.15. The van der Waals surface area contributed by atoms with Crippen LogP contribution in [0.4, 0.5) is 10.2 Å². The largest absolute Gasteiger partial charge is 0.352 e. The van der Waals surface area contributed by atoms with Crippen LogP contribution < -0.4 is 10.2 Å². The van der Waals surface area contributed by atoms with Gasteiger partial charge in [-0.2, -0.15) is 0 Å². The fourth-order valence-corrected chi connectivity index (χ4v) is 2.59. The second kappa shape index (κ2) is 6.46. The highest BCUT2D eigenvalue weighted by Gasteiger charge is 2.24. The highest BCUT2D eigenvalue weighted by molar-refractivity contribution is 5.94. The van der Waals surface area contributed by atoms with Crippen molar-refractivity contribution in [1.82, 2.24) is 20.3 Å². The molecule has 1 N–H and O–H groups in total. The van der Waals surface area contributed by atoms with Crippen LogP contribution in [0.2, 0.25) is 0 Å². The maximum absolute atomic E-state index is 13.8. The van der Waals surface area contributed by atoms with E-state index in [1.165, 1.54) is 12.5 Å². The first kappa shape index (κ1) is 14.4. The highest BCUT2D eigenvalue weighted by Crippen LogP contribution is 2.20. The summed E-state index contributed by atoms with van der Waals surface area (Å²) in [4.78, 5) is 25.6. The lowest BCUT2D eigenvalue weighted by atomic mass is 10.1. The van der Waals surface area contributed by atoms with Crippen molar-refractivity contribution in [2.75, 3.05) is 18.0 Å². The predicted molar refractivity (Wildman–Crippen MR) is 78.9 cm³/mol. The van der Waals surface area contributed by atoms with Gasteiger partial charge in [0.2, 0.25) is 0 Å². The number of piperidine rings is 1. The Morgan fingerprint density at radius 1 is 1.36 bits per heavy atom. The molecule has 6 nitrogen and oxygen atoms in total. The lowest BCUT2D eigenvalue weighted by Gasteiger charge is -2.33. The highest BCUT2D eigenvalue weighted by atomic mass is 19.1. The molecule has 1 saturated heterocycles. The minimum atomic E-state index is -0.443. The number of halogens is 1. The third kappa shape index (κ3) is 3.19. The Balaban J connectivity index is 1.66. The normalized spacial score (nSPS) is 18.0. The van der Waals surface area contributed by atoms with Gasteiger partial charge in [0.15, 0.2) is 11.6 Å². The van der Waals surface area contributed by atoms with E-state index in [0.29, 0.717) is 18.7 Å². The van der Waals surface area contributed by atoms with Gasteiger partial charge in [-0.25, -0.2) is 14.4 Å². The topological polar surface area (TPSA) is 71.0 Å². The van der Waals surface area contributed by atoms with Crippen molar-refractivity contribution in [3.8, 4) is 0 Å². The van der Waals surface area contributed by atoms with Gasteiger partial charge in [0.1, 0.15) is 6.33 Å². The number of pyridine rings is 1. The molecule has 1 unspecified atom stereocenters. The van der Waals surface area contributed by atoms with E-state index in [2.05, 4.69) is 20.3 Å². The molecule has 0 saturated carbocycles. The third-order valence-corrected chi connectivity index (χ3v) is 3.63. The molecule has 1 amide bonds. The Hall–Kier alpha value is -2.57. The maximum atomic E-state index is 13.8. The van der Waals surface area contributed by atoms with E-state index in [1.54, 1.807) is 18.3 Å². The monoisotopic (exact) mass is 301 g/mol. The second-order valence-electron chi connectivity index (χ2n) is 5.19. The Morgan fingerprint density at radius 3 is 3.05 bits per heavy atom. The van der Waals surface area contributed by atoms with Crippen molar-refractivity contribution in [2.45, 2.75) is 18.9 Å².